The number of nitrogens with zero attached hydrogens (tertiary/aromatic N) is 1. The summed E-state index contributed by atoms with van der Waals surface area (Å²) in [6.07, 6.45) is 2.07. The van der Waals surface area contributed by atoms with Crippen LogP contribution in [0.2, 0.25) is 0 Å². The predicted molar refractivity (Wildman–Crippen MR) is 73.3 cm³/mol. The van der Waals surface area contributed by atoms with Crippen LogP contribution in [-0.2, 0) is 0 Å². The van der Waals surface area contributed by atoms with E-state index in [0.29, 0.717) is 6.04 Å². The Morgan fingerprint density at radius 1 is 1.18 bits per heavy atom. The van der Waals surface area contributed by atoms with Gasteiger partial charge in [0.1, 0.15) is 0 Å². The summed E-state index contributed by atoms with van der Waals surface area (Å²) in [5, 5.41) is 3.39. The average molecular weight is 230 g/mol. The number of aryl methyl sites for hydroxylation is 2. The van der Waals surface area contributed by atoms with Crippen molar-refractivity contribution in [3.05, 3.63) is 47.5 Å². The highest BCUT2D eigenvalue weighted by Crippen LogP contribution is 2.24. The second kappa shape index (κ2) is 5.48. The maximum Gasteiger partial charge on any atom is 0.0530 e. The van der Waals surface area contributed by atoms with Crippen LogP contribution in [0.25, 0.3) is 0 Å². The van der Waals surface area contributed by atoms with Gasteiger partial charge in [-0.05, 0) is 19.4 Å². The van der Waals surface area contributed by atoms with Gasteiger partial charge in [-0.2, -0.15) is 0 Å². The van der Waals surface area contributed by atoms with Crippen LogP contribution in [0.15, 0.2) is 30.9 Å². The smallest absolute Gasteiger partial charge is 0.0530 e. The fourth-order valence-electron chi connectivity index (χ4n) is 2.64. The zero-order valence-corrected chi connectivity index (χ0v) is 10.9. The van der Waals surface area contributed by atoms with E-state index in [-0.39, 0.29) is 0 Å². The number of benzene rings is 1. The third-order valence-electron chi connectivity index (χ3n) is 3.35. The van der Waals surface area contributed by atoms with E-state index >= 15 is 0 Å². The lowest BCUT2D eigenvalue weighted by Crippen LogP contribution is -2.44. The van der Waals surface area contributed by atoms with Crippen molar-refractivity contribution in [3.8, 4) is 0 Å². The molecule has 1 aliphatic heterocycles. The number of nitrogens with one attached hydrogen (secondary N) is 1. The van der Waals surface area contributed by atoms with E-state index < -0.39 is 0 Å². The van der Waals surface area contributed by atoms with Crippen molar-refractivity contribution < 1.29 is 0 Å². The van der Waals surface area contributed by atoms with Gasteiger partial charge in [0.05, 0.1) is 6.04 Å². The molecule has 0 radical (unpaired) electrons. The predicted octanol–water partition coefficient (Wildman–Crippen LogP) is 2.44. The van der Waals surface area contributed by atoms with Crippen molar-refractivity contribution in [1.82, 2.24) is 10.2 Å². The number of hydrogen-bond donors (Lipinski definition) is 1. The molecule has 1 atom stereocenters. The lowest BCUT2D eigenvalue weighted by Gasteiger charge is -2.33. The summed E-state index contributed by atoms with van der Waals surface area (Å²) in [7, 11) is 0. The Balaban J connectivity index is 2.24. The maximum atomic E-state index is 4.01. The van der Waals surface area contributed by atoms with E-state index in [4.69, 9.17) is 0 Å². The molecule has 2 nitrogen and oxygen atoms in total. The molecule has 1 saturated heterocycles. The van der Waals surface area contributed by atoms with Gasteiger partial charge in [-0.1, -0.05) is 35.4 Å². The van der Waals surface area contributed by atoms with Gasteiger partial charge in [0.15, 0.2) is 0 Å². The molecule has 2 rings (SSSR count). The van der Waals surface area contributed by atoms with Gasteiger partial charge in [-0.3, -0.25) is 4.90 Å². The number of rotatable bonds is 3. The van der Waals surface area contributed by atoms with E-state index in [1.54, 1.807) is 0 Å². The van der Waals surface area contributed by atoms with Crippen molar-refractivity contribution in [2.24, 2.45) is 0 Å². The Labute approximate surface area is 104 Å². The topological polar surface area (TPSA) is 15.3 Å². The largest absolute Gasteiger partial charge is 0.314 e. The summed E-state index contributed by atoms with van der Waals surface area (Å²) < 4.78 is 0. The fraction of sp³-hybridized carbons (Fsp3) is 0.467. The van der Waals surface area contributed by atoms with E-state index in [0.717, 1.165) is 26.2 Å². The van der Waals surface area contributed by atoms with Crippen molar-refractivity contribution >= 4 is 0 Å². The SMILES string of the molecule is C=C[C@@H](c1cc(C)cc(C)c1)N1CCNCC1. The van der Waals surface area contributed by atoms with Crippen LogP contribution >= 0.6 is 0 Å². The van der Waals surface area contributed by atoms with Gasteiger partial charge in [-0.15, -0.1) is 6.58 Å². The summed E-state index contributed by atoms with van der Waals surface area (Å²) in [6, 6.07) is 7.14. The molecule has 1 aliphatic rings. The molecule has 1 fully saturated rings. The first-order valence-corrected chi connectivity index (χ1v) is 6.36. The summed E-state index contributed by atoms with van der Waals surface area (Å²) >= 11 is 0. The fourth-order valence-corrected chi connectivity index (χ4v) is 2.64. The lowest BCUT2D eigenvalue weighted by molar-refractivity contribution is 0.203. The minimum atomic E-state index is 0.357. The summed E-state index contributed by atoms with van der Waals surface area (Å²) in [6.45, 7) is 12.7. The molecule has 1 heterocycles. The van der Waals surface area contributed by atoms with Gasteiger partial charge in [0.25, 0.3) is 0 Å². The molecule has 0 bridgehead atoms. The molecule has 2 heteroatoms. The van der Waals surface area contributed by atoms with Crippen LogP contribution in [0.4, 0.5) is 0 Å². The molecular weight excluding hydrogens is 208 g/mol. The Morgan fingerprint density at radius 2 is 1.76 bits per heavy atom. The number of piperazine rings is 1. The van der Waals surface area contributed by atoms with Crippen LogP contribution < -0.4 is 5.32 Å². The molecule has 0 aliphatic carbocycles. The van der Waals surface area contributed by atoms with E-state index in [9.17, 15) is 0 Å². The first-order chi connectivity index (χ1) is 8.20. The highest BCUT2D eigenvalue weighted by atomic mass is 15.2. The van der Waals surface area contributed by atoms with Crippen LogP contribution in [-0.4, -0.2) is 31.1 Å². The Hall–Kier alpha value is -1.12. The van der Waals surface area contributed by atoms with Gasteiger partial charge < -0.3 is 5.32 Å². The second-order valence-electron chi connectivity index (χ2n) is 4.89. The van der Waals surface area contributed by atoms with Crippen molar-refractivity contribution in [2.75, 3.05) is 26.2 Å². The van der Waals surface area contributed by atoms with E-state index in [1.165, 1.54) is 16.7 Å². The summed E-state index contributed by atoms with van der Waals surface area (Å²) in [5.74, 6) is 0. The Kier molecular flexibility index (Phi) is 3.97. The summed E-state index contributed by atoms with van der Waals surface area (Å²) in [4.78, 5) is 2.50. The molecule has 0 spiro atoms. The van der Waals surface area contributed by atoms with Crippen molar-refractivity contribution in [2.45, 2.75) is 19.9 Å². The molecule has 1 N–H and O–H groups in total. The van der Waals surface area contributed by atoms with Crippen LogP contribution in [0.3, 0.4) is 0 Å². The lowest BCUT2D eigenvalue weighted by atomic mass is 10.00. The first-order valence-electron chi connectivity index (χ1n) is 6.36. The highest BCUT2D eigenvalue weighted by molar-refractivity contribution is 5.32. The third kappa shape index (κ3) is 2.96. The normalized spacial score (nSPS) is 18.9. The molecule has 0 amide bonds. The molecular formula is C15H22N2. The zero-order valence-electron chi connectivity index (χ0n) is 10.9. The molecule has 0 aromatic heterocycles. The Bertz CT molecular complexity index is 372. The van der Waals surface area contributed by atoms with Crippen LogP contribution in [0.1, 0.15) is 22.7 Å². The minimum absolute atomic E-state index is 0.357. The molecule has 17 heavy (non-hydrogen) atoms. The van der Waals surface area contributed by atoms with Gasteiger partial charge >= 0.3 is 0 Å². The molecule has 0 unspecified atom stereocenters. The first kappa shape index (κ1) is 12.3. The third-order valence-corrected chi connectivity index (χ3v) is 3.35. The quantitative estimate of drug-likeness (QED) is 0.802. The number of hydrogen-bond acceptors (Lipinski definition) is 2. The second-order valence-corrected chi connectivity index (χ2v) is 4.89. The standard InChI is InChI=1S/C15H22N2/c1-4-15(17-7-5-16-6-8-17)14-10-12(2)9-13(3)11-14/h4,9-11,15-16H,1,5-8H2,2-3H3/t15-/m0/s1. The molecule has 1 aromatic rings. The molecule has 0 saturated carbocycles. The minimum Gasteiger partial charge on any atom is -0.314 e. The van der Waals surface area contributed by atoms with Gasteiger partial charge in [0, 0.05) is 26.2 Å². The average Bonchev–Trinajstić information content (AvgIpc) is 2.30. The van der Waals surface area contributed by atoms with E-state index in [1.807, 2.05) is 0 Å². The van der Waals surface area contributed by atoms with Crippen molar-refractivity contribution in [3.63, 3.8) is 0 Å². The summed E-state index contributed by atoms with van der Waals surface area (Å²) in [5.41, 5.74) is 4.04. The van der Waals surface area contributed by atoms with Crippen molar-refractivity contribution in [1.29, 1.82) is 0 Å². The van der Waals surface area contributed by atoms with Crippen LogP contribution in [0, 0.1) is 13.8 Å². The van der Waals surface area contributed by atoms with E-state index in [2.05, 4.69) is 54.9 Å². The molecule has 1 aromatic carbocycles. The monoisotopic (exact) mass is 230 g/mol. The maximum absolute atomic E-state index is 4.01. The highest BCUT2D eigenvalue weighted by Gasteiger charge is 2.19. The zero-order chi connectivity index (χ0) is 12.3. The molecule has 92 valence electrons. The van der Waals surface area contributed by atoms with Crippen LogP contribution in [0.5, 0.6) is 0 Å². The van der Waals surface area contributed by atoms with Gasteiger partial charge in [0.2, 0.25) is 0 Å². The van der Waals surface area contributed by atoms with Gasteiger partial charge in [-0.25, -0.2) is 0 Å². The Morgan fingerprint density at radius 3 is 2.29 bits per heavy atom.